The quantitative estimate of drug-likeness (QED) is 0.681. The van der Waals surface area contributed by atoms with Gasteiger partial charge in [-0.05, 0) is 31.9 Å². The highest BCUT2D eigenvalue weighted by atomic mass is 16.6. The highest BCUT2D eigenvalue weighted by Gasteiger charge is 2.23. The molecule has 114 valence electrons. The van der Waals surface area contributed by atoms with Gasteiger partial charge in [0.15, 0.2) is 0 Å². The number of hydrogen-bond acceptors (Lipinski definition) is 5. The molecule has 1 heterocycles. The van der Waals surface area contributed by atoms with Crippen LogP contribution in [0.15, 0.2) is 24.3 Å². The number of piperidine rings is 1. The van der Waals surface area contributed by atoms with Crippen LogP contribution in [0.5, 0.6) is 0 Å². The lowest BCUT2D eigenvalue weighted by Gasteiger charge is -2.32. The second-order valence-electron chi connectivity index (χ2n) is 4.91. The molecule has 0 spiro atoms. The highest BCUT2D eigenvalue weighted by molar-refractivity contribution is 5.67. The SMILES string of the molecule is CCOC(=O)N1CCC(Nc2ccc([N+](=O)[O-])cc2)CC1. The smallest absolute Gasteiger partial charge is 0.409 e. The largest absolute Gasteiger partial charge is 0.450 e. The summed E-state index contributed by atoms with van der Waals surface area (Å²) in [6, 6.07) is 6.63. The van der Waals surface area contributed by atoms with E-state index in [2.05, 4.69) is 5.32 Å². The Morgan fingerprint density at radius 2 is 2.00 bits per heavy atom. The Balaban J connectivity index is 1.83. The minimum absolute atomic E-state index is 0.0812. The van der Waals surface area contributed by atoms with E-state index in [0.29, 0.717) is 19.7 Å². The fraction of sp³-hybridized carbons (Fsp3) is 0.500. The van der Waals surface area contributed by atoms with Crippen molar-refractivity contribution in [3.05, 3.63) is 34.4 Å². The van der Waals surface area contributed by atoms with Gasteiger partial charge in [0.1, 0.15) is 0 Å². The normalized spacial score (nSPS) is 15.6. The van der Waals surface area contributed by atoms with Crippen LogP contribution in [0.3, 0.4) is 0 Å². The molecule has 1 fully saturated rings. The van der Waals surface area contributed by atoms with Gasteiger partial charge in [0.2, 0.25) is 0 Å². The molecule has 1 aliphatic rings. The van der Waals surface area contributed by atoms with Crippen LogP contribution in [0.1, 0.15) is 19.8 Å². The van der Waals surface area contributed by atoms with Crippen molar-refractivity contribution in [3.8, 4) is 0 Å². The van der Waals surface area contributed by atoms with Crippen molar-refractivity contribution in [1.82, 2.24) is 4.90 Å². The molecule has 0 aromatic heterocycles. The molecular weight excluding hydrogens is 274 g/mol. The molecule has 0 bridgehead atoms. The van der Waals surface area contributed by atoms with Crippen molar-refractivity contribution in [2.45, 2.75) is 25.8 Å². The van der Waals surface area contributed by atoms with E-state index in [1.165, 1.54) is 12.1 Å². The van der Waals surface area contributed by atoms with Gasteiger partial charge in [-0.2, -0.15) is 0 Å². The van der Waals surface area contributed by atoms with E-state index in [0.717, 1.165) is 18.5 Å². The predicted molar refractivity (Wildman–Crippen MR) is 78.3 cm³/mol. The van der Waals surface area contributed by atoms with E-state index in [1.807, 2.05) is 0 Å². The van der Waals surface area contributed by atoms with Crippen LogP contribution in [-0.4, -0.2) is 41.7 Å². The fourth-order valence-corrected chi connectivity index (χ4v) is 2.34. The lowest BCUT2D eigenvalue weighted by Crippen LogP contribution is -2.42. The lowest BCUT2D eigenvalue weighted by molar-refractivity contribution is -0.384. The molecule has 1 aliphatic heterocycles. The average Bonchev–Trinajstić information content (AvgIpc) is 2.49. The van der Waals surface area contributed by atoms with Crippen LogP contribution in [0.4, 0.5) is 16.2 Å². The third-order valence-corrected chi connectivity index (χ3v) is 3.47. The number of nitro benzene ring substituents is 1. The first-order chi connectivity index (χ1) is 10.1. The molecule has 7 heteroatoms. The van der Waals surface area contributed by atoms with Crippen LogP contribution < -0.4 is 5.32 Å². The Morgan fingerprint density at radius 3 is 2.52 bits per heavy atom. The second-order valence-corrected chi connectivity index (χ2v) is 4.91. The van der Waals surface area contributed by atoms with Crippen molar-refractivity contribution < 1.29 is 14.5 Å². The van der Waals surface area contributed by atoms with Gasteiger partial charge in [-0.1, -0.05) is 0 Å². The maximum atomic E-state index is 11.6. The number of benzene rings is 1. The molecule has 1 saturated heterocycles. The van der Waals surface area contributed by atoms with Gasteiger partial charge in [0, 0.05) is 37.0 Å². The number of nitro groups is 1. The third-order valence-electron chi connectivity index (χ3n) is 3.47. The number of ether oxygens (including phenoxy) is 1. The van der Waals surface area contributed by atoms with Crippen LogP contribution in [0, 0.1) is 10.1 Å². The maximum Gasteiger partial charge on any atom is 0.409 e. The summed E-state index contributed by atoms with van der Waals surface area (Å²) < 4.78 is 4.97. The Morgan fingerprint density at radius 1 is 1.38 bits per heavy atom. The fourth-order valence-electron chi connectivity index (χ4n) is 2.34. The number of amides is 1. The number of nitrogens with one attached hydrogen (secondary N) is 1. The molecule has 2 rings (SSSR count). The molecule has 21 heavy (non-hydrogen) atoms. The van der Waals surface area contributed by atoms with Gasteiger partial charge in [0.25, 0.3) is 5.69 Å². The third kappa shape index (κ3) is 4.08. The summed E-state index contributed by atoms with van der Waals surface area (Å²) in [7, 11) is 0. The van der Waals surface area contributed by atoms with Gasteiger partial charge in [-0.25, -0.2) is 4.79 Å². The number of likely N-dealkylation sites (tertiary alicyclic amines) is 1. The number of nitrogens with zero attached hydrogens (tertiary/aromatic N) is 2. The van der Waals surface area contributed by atoms with Crippen LogP contribution in [-0.2, 0) is 4.74 Å². The molecular formula is C14H19N3O4. The van der Waals surface area contributed by atoms with E-state index >= 15 is 0 Å². The van der Waals surface area contributed by atoms with Crippen LogP contribution >= 0.6 is 0 Å². The summed E-state index contributed by atoms with van der Waals surface area (Å²) >= 11 is 0. The molecule has 0 saturated carbocycles. The van der Waals surface area contributed by atoms with E-state index in [4.69, 9.17) is 4.74 Å². The number of hydrogen-bond donors (Lipinski definition) is 1. The van der Waals surface area contributed by atoms with Crippen LogP contribution in [0.25, 0.3) is 0 Å². The monoisotopic (exact) mass is 293 g/mol. The topological polar surface area (TPSA) is 84.7 Å². The number of anilines is 1. The minimum atomic E-state index is -0.415. The summed E-state index contributed by atoms with van der Waals surface area (Å²) in [5.74, 6) is 0. The zero-order chi connectivity index (χ0) is 15.2. The first-order valence-corrected chi connectivity index (χ1v) is 7.03. The Hall–Kier alpha value is -2.31. The number of non-ortho nitro benzene ring substituents is 1. The van der Waals surface area contributed by atoms with Gasteiger partial charge in [0.05, 0.1) is 11.5 Å². The summed E-state index contributed by atoms with van der Waals surface area (Å²) in [6.45, 7) is 3.49. The van der Waals surface area contributed by atoms with Crippen molar-refractivity contribution in [2.75, 3.05) is 25.0 Å². The Bertz CT molecular complexity index is 495. The molecule has 1 aromatic rings. The summed E-state index contributed by atoms with van der Waals surface area (Å²) in [6.07, 6.45) is 1.40. The number of rotatable bonds is 4. The minimum Gasteiger partial charge on any atom is -0.450 e. The van der Waals surface area contributed by atoms with Gasteiger partial charge in [-0.15, -0.1) is 0 Å². The van der Waals surface area contributed by atoms with Crippen molar-refractivity contribution in [3.63, 3.8) is 0 Å². The molecule has 0 unspecified atom stereocenters. The zero-order valence-electron chi connectivity index (χ0n) is 11.9. The molecule has 7 nitrogen and oxygen atoms in total. The lowest BCUT2D eigenvalue weighted by atomic mass is 10.1. The molecule has 0 aliphatic carbocycles. The first kappa shape index (κ1) is 15.1. The standard InChI is InChI=1S/C14H19N3O4/c1-2-21-14(18)16-9-7-12(8-10-16)15-11-3-5-13(6-4-11)17(19)20/h3-6,12,15H,2,7-10H2,1H3. The molecule has 1 aromatic carbocycles. The Kier molecular flexibility index (Phi) is 4.97. The first-order valence-electron chi connectivity index (χ1n) is 7.03. The van der Waals surface area contributed by atoms with Gasteiger partial charge in [-0.3, -0.25) is 10.1 Å². The summed E-state index contributed by atoms with van der Waals surface area (Å²) in [4.78, 5) is 23.5. The van der Waals surface area contributed by atoms with Gasteiger partial charge >= 0.3 is 6.09 Å². The van der Waals surface area contributed by atoms with Crippen molar-refractivity contribution in [2.24, 2.45) is 0 Å². The zero-order valence-corrected chi connectivity index (χ0v) is 11.9. The highest BCUT2D eigenvalue weighted by Crippen LogP contribution is 2.20. The number of carbonyl (C=O) groups excluding carboxylic acids is 1. The van der Waals surface area contributed by atoms with Crippen LogP contribution in [0.2, 0.25) is 0 Å². The number of carbonyl (C=O) groups is 1. The molecule has 1 N–H and O–H groups in total. The van der Waals surface area contributed by atoms with E-state index in [1.54, 1.807) is 24.0 Å². The van der Waals surface area contributed by atoms with E-state index in [-0.39, 0.29) is 17.8 Å². The molecule has 1 amide bonds. The predicted octanol–water partition coefficient (Wildman–Crippen LogP) is 2.63. The summed E-state index contributed by atoms with van der Waals surface area (Å²) in [5, 5.41) is 13.9. The summed E-state index contributed by atoms with van der Waals surface area (Å²) in [5.41, 5.74) is 0.938. The average molecular weight is 293 g/mol. The van der Waals surface area contributed by atoms with Gasteiger partial charge < -0.3 is 15.0 Å². The van der Waals surface area contributed by atoms with E-state index in [9.17, 15) is 14.9 Å². The van der Waals surface area contributed by atoms with E-state index < -0.39 is 4.92 Å². The molecule has 0 radical (unpaired) electrons. The Labute approximate surface area is 123 Å². The maximum absolute atomic E-state index is 11.6. The second kappa shape index (κ2) is 6.92. The van der Waals surface area contributed by atoms with Crippen molar-refractivity contribution in [1.29, 1.82) is 0 Å². The van der Waals surface area contributed by atoms with Crippen molar-refractivity contribution >= 4 is 17.5 Å². The molecule has 0 atom stereocenters.